The van der Waals surface area contributed by atoms with Crippen molar-refractivity contribution < 1.29 is 10.2 Å². The highest BCUT2D eigenvalue weighted by molar-refractivity contribution is 5.31. The molecule has 66 valence electrons. The lowest BCUT2D eigenvalue weighted by atomic mass is 10.0. The Balaban J connectivity index is 3.01. The Bertz CT molecular complexity index is 269. The molecule has 0 radical (unpaired) electrons. The average molecular weight is 166 g/mol. The Labute approximate surface area is 72.5 Å². The Morgan fingerprint density at radius 2 is 2.00 bits per heavy atom. The molecule has 0 amide bonds. The quantitative estimate of drug-likeness (QED) is 0.695. The molecule has 0 heterocycles. The van der Waals surface area contributed by atoms with Crippen LogP contribution in [0.15, 0.2) is 18.2 Å². The molecule has 0 saturated carbocycles. The van der Waals surface area contributed by atoms with Crippen LogP contribution in [0.25, 0.3) is 0 Å². The summed E-state index contributed by atoms with van der Waals surface area (Å²) in [5.41, 5.74) is 3.00. The van der Waals surface area contributed by atoms with Crippen molar-refractivity contribution in [2.24, 2.45) is 0 Å². The summed E-state index contributed by atoms with van der Waals surface area (Å²) in [5.74, 6) is 0. The maximum absolute atomic E-state index is 9.35. The van der Waals surface area contributed by atoms with E-state index < -0.39 is 6.10 Å². The summed E-state index contributed by atoms with van der Waals surface area (Å²) >= 11 is 0. The summed E-state index contributed by atoms with van der Waals surface area (Å²) in [7, 11) is 0. The maximum atomic E-state index is 9.35. The third-order valence-corrected chi connectivity index (χ3v) is 1.96. The van der Waals surface area contributed by atoms with Gasteiger partial charge in [-0.1, -0.05) is 23.8 Å². The normalized spacial score (nSPS) is 13.0. The fraction of sp³-hybridized carbons (Fsp3) is 0.400. The second-order valence-electron chi connectivity index (χ2n) is 3.06. The van der Waals surface area contributed by atoms with Gasteiger partial charge in [-0.3, -0.25) is 0 Å². The molecule has 0 aromatic heterocycles. The number of hydrogen-bond acceptors (Lipinski definition) is 2. The molecule has 1 aromatic rings. The predicted molar refractivity (Wildman–Crippen MR) is 48.0 cm³/mol. The highest BCUT2D eigenvalue weighted by Gasteiger charge is 2.07. The maximum Gasteiger partial charge on any atom is 0.102 e. The van der Waals surface area contributed by atoms with Crippen molar-refractivity contribution in [2.45, 2.75) is 20.0 Å². The van der Waals surface area contributed by atoms with Gasteiger partial charge in [-0.05, 0) is 25.0 Å². The highest BCUT2D eigenvalue weighted by Crippen LogP contribution is 2.17. The molecular formula is C10H14O2. The van der Waals surface area contributed by atoms with Gasteiger partial charge in [0.1, 0.15) is 6.10 Å². The van der Waals surface area contributed by atoms with Gasteiger partial charge in [-0.25, -0.2) is 0 Å². The van der Waals surface area contributed by atoms with E-state index in [2.05, 4.69) is 0 Å². The van der Waals surface area contributed by atoms with Gasteiger partial charge in [0.15, 0.2) is 0 Å². The molecule has 0 saturated heterocycles. The van der Waals surface area contributed by atoms with E-state index in [-0.39, 0.29) is 6.61 Å². The van der Waals surface area contributed by atoms with Gasteiger partial charge in [-0.15, -0.1) is 0 Å². The second kappa shape index (κ2) is 3.70. The third kappa shape index (κ3) is 1.84. The predicted octanol–water partition coefficient (Wildman–Crippen LogP) is 1.33. The SMILES string of the molecule is Cc1ccc([C@@H](O)CO)c(C)c1. The molecule has 0 aliphatic rings. The van der Waals surface area contributed by atoms with E-state index >= 15 is 0 Å². The molecule has 0 spiro atoms. The Morgan fingerprint density at radius 3 is 2.50 bits per heavy atom. The molecule has 2 nitrogen and oxygen atoms in total. The summed E-state index contributed by atoms with van der Waals surface area (Å²) < 4.78 is 0. The van der Waals surface area contributed by atoms with Crippen molar-refractivity contribution in [3.63, 3.8) is 0 Å². The summed E-state index contributed by atoms with van der Waals surface area (Å²) in [6.45, 7) is 3.72. The van der Waals surface area contributed by atoms with Crippen LogP contribution in [0.2, 0.25) is 0 Å². The van der Waals surface area contributed by atoms with Crippen molar-refractivity contribution >= 4 is 0 Å². The molecule has 0 aliphatic heterocycles. The zero-order valence-corrected chi connectivity index (χ0v) is 7.41. The van der Waals surface area contributed by atoms with Crippen LogP contribution in [0.3, 0.4) is 0 Å². The average Bonchev–Trinajstić information content (AvgIpc) is 2.03. The van der Waals surface area contributed by atoms with Crippen molar-refractivity contribution in [3.05, 3.63) is 34.9 Å². The largest absolute Gasteiger partial charge is 0.393 e. The van der Waals surface area contributed by atoms with E-state index in [1.165, 1.54) is 5.56 Å². The van der Waals surface area contributed by atoms with Crippen LogP contribution in [0.1, 0.15) is 22.8 Å². The van der Waals surface area contributed by atoms with Gasteiger partial charge in [0.25, 0.3) is 0 Å². The van der Waals surface area contributed by atoms with Crippen molar-refractivity contribution in [1.82, 2.24) is 0 Å². The lowest BCUT2D eigenvalue weighted by Gasteiger charge is -2.10. The van der Waals surface area contributed by atoms with Gasteiger partial charge in [0.2, 0.25) is 0 Å². The Hall–Kier alpha value is -0.860. The molecule has 2 N–H and O–H groups in total. The second-order valence-corrected chi connectivity index (χ2v) is 3.06. The first-order chi connectivity index (χ1) is 5.65. The number of aliphatic hydroxyl groups is 2. The smallest absolute Gasteiger partial charge is 0.102 e. The zero-order chi connectivity index (χ0) is 9.14. The van der Waals surface area contributed by atoms with Gasteiger partial charge >= 0.3 is 0 Å². The number of aliphatic hydroxyl groups excluding tert-OH is 2. The minimum Gasteiger partial charge on any atom is -0.393 e. The summed E-state index contributed by atoms with van der Waals surface area (Å²) in [6, 6.07) is 5.78. The first-order valence-electron chi connectivity index (χ1n) is 4.01. The molecule has 1 rings (SSSR count). The van der Waals surface area contributed by atoms with Gasteiger partial charge in [0, 0.05) is 0 Å². The number of hydrogen-bond donors (Lipinski definition) is 2. The third-order valence-electron chi connectivity index (χ3n) is 1.96. The number of rotatable bonds is 2. The van der Waals surface area contributed by atoms with Gasteiger partial charge in [-0.2, -0.15) is 0 Å². The van der Waals surface area contributed by atoms with Crippen LogP contribution in [0.4, 0.5) is 0 Å². The van der Waals surface area contributed by atoms with Crippen LogP contribution in [-0.2, 0) is 0 Å². The van der Waals surface area contributed by atoms with Crippen LogP contribution in [0, 0.1) is 13.8 Å². The van der Waals surface area contributed by atoms with E-state index in [0.29, 0.717) is 0 Å². The van der Waals surface area contributed by atoms with E-state index in [1.807, 2.05) is 32.0 Å². The monoisotopic (exact) mass is 166 g/mol. The molecule has 12 heavy (non-hydrogen) atoms. The Kier molecular flexibility index (Phi) is 2.84. The molecule has 2 heteroatoms. The Morgan fingerprint density at radius 1 is 1.33 bits per heavy atom. The molecule has 0 aliphatic carbocycles. The topological polar surface area (TPSA) is 40.5 Å². The summed E-state index contributed by atoms with van der Waals surface area (Å²) in [5, 5.41) is 18.1. The van der Waals surface area contributed by atoms with Crippen LogP contribution in [0.5, 0.6) is 0 Å². The van der Waals surface area contributed by atoms with E-state index in [0.717, 1.165) is 11.1 Å². The minimum atomic E-state index is -0.745. The molecule has 1 aromatic carbocycles. The van der Waals surface area contributed by atoms with Crippen LogP contribution >= 0.6 is 0 Å². The minimum absolute atomic E-state index is 0.218. The molecular weight excluding hydrogens is 152 g/mol. The summed E-state index contributed by atoms with van der Waals surface area (Å²) in [4.78, 5) is 0. The highest BCUT2D eigenvalue weighted by atomic mass is 16.3. The molecule has 0 unspecified atom stereocenters. The van der Waals surface area contributed by atoms with Gasteiger partial charge in [0.05, 0.1) is 6.61 Å². The van der Waals surface area contributed by atoms with Gasteiger partial charge < -0.3 is 10.2 Å². The van der Waals surface area contributed by atoms with Crippen molar-refractivity contribution in [2.75, 3.05) is 6.61 Å². The van der Waals surface area contributed by atoms with E-state index in [9.17, 15) is 5.11 Å². The molecule has 0 bridgehead atoms. The first kappa shape index (κ1) is 9.23. The fourth-order valence-electron chi connectivity index (χ4n) is 1.30. The lowest BCUT2D eigenvalue weighted by molar-refractivity contribution is 0.0951. The first-order valence-corrected chi connectivity index (χ1v) is 4.01. The van der Waals surface area contributed by atoms with Crippen molar-refractivity contribution in [3.8, 4) is 0 Å². The van der Waals surface area contributed by atoms with E-state index in [4.69, 9.17) is 5.11 Å². The number of benzene rings is 1. The standard InChI is InChI=1S/C10H14O2/c1-7-3-4-9(8(2)5-7)10(12)6-11/h3-5,10-12H,6H2,1-2H3/t10-/m0/s1. The van der Waals surface area contributed by atoms with Crippen LogP contribution in [-0.4, -0.2) is 16.8 Å². The van der Waals surface area contributed by atoms with E-state index in [1.54, 1.807) is 0 Å². The zero-order valence-electron chi connectivity index (χ0n) is 7.41. The fourth-order valence-corrected chi connectivity index (χ4v) is 1.30. The lowest BCUT2D eigenvalue weighted by Crippen LogP contribution is -2.04. The molecule has 1 atom stereocenters. The summed E-state index contributed by atoms with van der Waals surface area (Å²) in [6.07, 6.45) is -0.745. The molecule has 0 fully saturated rings. The van der Waals surface area contributed by atoms with Crippen molar-refractivity contribution in [1.29, 1.82) is 0 Å². The number of aryl methyl sites for hydroxylation is 2. The van der Waals surface area contributed by atoms with Crippen LogP contribution < -0.4 is 0 Å².